The number of aryl methyl sites for hydroxylation is 1. The molecule has 1 aromatic heterocycles. The van der Waals surface area contributed by atoms with Crippen LogP contribution < -0.4 is 10.6 Å². The number of nitrogens with one attached hydrogen (secondary N) is 2. The first-order chi connectivity index (χ1) is 10.6. The molecule has 0 aliphatic heterocycles. The lowest BCUT2D eigenvalue weighted by molar-refractivity contribution is -0.117. The van der Waals surface area contributed by atoms with Gasteiger partial charge in [0, 0.05) is 10.8 Å². The van der Waals surface area contributed by atoms with E-state index in [9.17, 15) is 14.4 Å². The van der Waals surface area contributed by atoms with Crippen LogP contribution in [0.15, 0.2) is 0 Å². The predicted molar refractivity (Wildman–Crippen MR) is 82.2 cm³/mol. The fourth-order valence-electron chi connectivity index (χ4n) is 2.66. The number of alkyl carbamates (subject to hydrolysis) is 1. The number of methoxy groups -OCH3 is 1. The molecule has 0 atom stereocenters. The van der Waals surface area contributed by atoms with E-state index in [2.05, 4.69) is 15.4 Å². The summed E-state index contributed by atoms with van der Waals surface area (Å²) in [6.45, 7) is 0. The highest BCUT2D eigenvalue weighted by Crippen LogP contribution is 2.39. The predicted octanol–water partition coefficient (Wildman–Crippen LogP) is 2.47. The van der Waals surface area contributed by atoms with Crippen molar-refractivity contribution in [2.24, 2.45) is 5.92 Å². The van der Waals surface area contributed by atoms with Gasteiger partial charge in [0.05, 0.1) is 12.7 Å². The van der Waals surface area contributed by atoms with Crippen LogP contribution in [0.4, 0.5) is 9.80 Å². The Morgan fingerprint density at radius 3 is 2.59 bits per heavy atom. The Morgan fingerprint density at radius 2 is 1.91 bits per heavy atom. The zero-order valence-electron chi connectivity index (χ0n) is 12.4. The monoisotopic (exact) mass is 322 g/mol. The molecule has 0 radical (unpaired) electrons. The molecule has 7 heteroatoms. The molecule has 3 rings (SSSR count). The summed E-state index contributed by atoms with van der Waals surface area (Å²) in [5.74, 6) is -0.473. The molecule has 1 saturated carbocycles. The second-order valence-corrected chi connectivity index (χ2v) is 6.73. The zero-order valence-corrected chi connectivity index (χ0v) is 13.2. The van der Waals surface area contributed by atoms with Crippen molar-refractivity contribution in [1.82, 2.24) is 5.32 Å². The van der Waals surface area contributed by atoms with Crippen LogP contribution in [-0.2, 0) is 22.4 Å². The molecule has 1 heterocycles. The Kier molecular flexibility index (Phi) is 4.15. The van der Waals surface area contributed by atoms with E-state index in [0.29, 0.717) is 10.6 Å². The van der Waals surface area contributed by atoms with E-state index >= 15 is 0 Å². The third-order valence-corrected chi connectivity index (χ3v) is 5.19. The number of imide groups is 1. The number of thiophene rings is 1. The summed E-state index contributed by atoms with van der Waals surface area (Å²) in [4.78, 5) is 36.8. The number of hydrogen-bond acceptors (Lipinski definition) is 5. The van der Waals surface area contributed by atoms with Crippen molar-refractivity contribution in [1.29, 1.82) is 0 Å². The Labute approximate surface area is 132 Å². The zero-order chi connectivity index (χ0) is 15.7. The Hall–Kier alpha value is -1.89. The normalized spacial score (nSPS) is 16.6. The first kappa shape index (κ1) is 15.0. The number of hydrogen-bond donors (Lipinski definition) is 2. The average molecular weight is 322 g/mol. The molecule has 2 N–H and O–H groups in total. The van der Waals surface area contributed by atoms with Gasteiger partial charge < -0.3 is 10.1 Å². The molecule has 6 nitrogen and oxygen atoms in total. The van der Waals surface area contributed by atoms with Gasteiger partial charge >= 0.3 is 6.09 Å². The molecular formula is C15H18N2O4S. The van der Waals surface area contributed by atoms with Crippen molar-refractivity contribution >= 4 is 34.2 Å². The number of anilines is 1. The highest BCUT2D eigenvalue weighted by atomic mass is 32.1. The molecule has 2 aliphatic rings. The van der Waals surface area contributed by atoms with Crippen LogP contribution in [0.1, 0.15) is 46.5 Å². The summed E-state index contributed by atoms with van der Waals surface area (Å²) in [5, 5.41) is 5.62. The topological polar surface area (TPSA) is 84.5 Å². The highest BCUT2D eigenvalue weighted by molar-refractivity contribution is 7.17. The number of carbonyl (C=O) groups is 3. The van der Waals surface area contributed by atoms with Crippen LogP contribution in [0, 0.1) is 5.92 Å². The lowest BCUT2D eigenvalue weighted by Crippen LogP contribution is -2.31. The SMILES string of the molecule is COC(=O)NC(=O)c1c(NC(=O)C2CC2)sc2c1CCCC2. The van der Waals surface area contributed by atoms with Crippen LogP contribution in [0.25, 0.3) is 0 Å². The molecule has 1 fully saturated rings. The van der Waals surface area contributed by atoms with Gasteiger partial charge in [-0.2, -0.15) is 0 Å². The number of amides is 3. The Morgan fingerprint density at radius 1 is 1.18 bits per heavy atom. The number of carbonyl (C=O) groups excluding carboxylic acids is 3. The van der Waals surface area contributed by atoms with E-state index in [1.54, 1.807) is 0 Å². The van der Waals surface area contributed by atoms with Gasteiger partial charge in [0.1, 0.15) is 5.00 Å². The van der Waals surface area contributed by atoms with E-state index in [4.69, 9.17) is 0 Å². The maximum atomic E-state index is 12.4. The molecule has 0 aromatic carbocycles. The molecular weight excluding hydrogens is 304 g/mol. The van der Waals surface area contributed by atoms with E-state index in [1.165, 1.54) is 18.4 Å². The summed E-state index contributed by atoms with van der Waals surface area (Å²) < 4.78 is 4.48. The maximum absolute atomic E-state index is 12.4. The van der Waals surface area contributed by atoms with Crippen molar-refractivity contribution in [2.75, 3.05) is 12.4 Å². The van der Waals surface area contributed by atoms with Gasteiger partial charge in [0.25, 0.3) is 5.91 Å². The minimum atomic E-state index is -0.791. The maximum Gasteiger partial charge on any atom is 0.413 e. The van der Waals surface area contributed by atoms with Crippen LogP contribution in [0.3, 0.4) is 0 Å². The summed E-state index contributed by atoms with van der Waals surface area (Å²) in [6.07, 6.45) is 4.83. The molecule has 118 valence electrons. The Bertz CT molecular complexity index is 634. The molecule has 1 aromatic rings. The van der Waals surface area contributed by atoms with Gasteiger partial charge in [-0.05, 0) is 44.1 Å². The lowest BCUT2D eigenvalue weighted by Gasteiger charge is -2.12. The summed E-state index contributed by atoms with van der Waals surface area (Å²) in [7, 11) is 1.21. The first-order valence-electron chi connectivity index (χ1n) is 7.45. The van der Waals surface area contributed by atoms with E-state index < -0.39 is 12.0 Å². The summed E-state index contributed by atoms with van der Waals surface area (Å²) >= 11 is 1.45. The second kappa shape index (κ2) is 6.08. The molecule has 0 saturated heterocycles. The number of ether oxygens (including phenoxy) is 1. The smallest absolute Gasteiger partial charge is 0.413 e. The second-order valence-electron chi connectivity index (χ2n) is 5.62. The fourth-order valence-corrected chi connectivity index (χ4v) is 3.95. The van der Waals surface area contributed by atoms with Crippen molar-refractivity contribution in [3.8, 4) is 0 Å². The van der Waals surface area contributed by atoms with Gasteiger partial charge in [-0.3, -0.25) is 14.9 Å². The Balaban J connectivity index is 1.90. The molecule has 0 bridgehead atoms. The lowest BCUT2D eigenvalue weighted by atomic mass is 9.95. The summed E-state index contributed by atoms with van der Waals surface area (Å²) in [5.41, 5.74) is 1.39. The van der Waals surface area contributed by atoms with E-state index in [1.807, 2.05) is 0 Å². The molecule has 22 heavy (non-hydrogen) atoms. The quantitative estimate of drug-likeness (QED) is 0.895. The summed E-state index contributed by atoms with van der Waals surface area (Å²) in [6, 6.07) is 0. The number of rotatable bonds is 3. The van der Waals surface area contributed by atoms with E-state index in [0.717, 1.165) is 49.0 Å². The minimum Gasteiger partial charge on any atom is -0.453 e. The third kappa shape index (κ3) is 2.99. The van der Waals surface area contributed by atoms with Crippen molar-refractivity contribution in [2.45, 2.75) is 38.5 Å². The van der Waals surface area contributed by atoms with Crippen LogP contribution in [0.5, 0.6) is 0 Å². The van der Waals surface area contributed by atoms with Gasteiger partial charge in [-0.15, -0.1) is 11.3 Å². The van der Waals surface area contributed by atoms with Crippen LogP contribution in [-0.4, -0.2) is 25.0 Å². The fraction of sp³-hybridized carbons (Fsp3) is 0.533. The van der Waals surface area contributed by atoms with Gasteiger partial charge in [0.15, 0.2) is 0 Å². The largest absolute Gasteiger partial charge is 0.453 e. The van der Waals surface area contributed by atoms with Crippen LogP contribution in [0.2, 0.25) is 0 Å². The first-order valence-corrected chi connectivity index (χ1v) is 8.26. The van der Waals surface area contributed by atoms with Crippen molar-refractivity contribution in [3.05, 3.63) is 16.0 Å². The van der Waals surface area contributed by atoms with Gasteiger partial charge in [-0.1, -0.05) is 0 Å². The standard InChI is InChI=1S/C15H18N2O4S/c1-21-15(20)17-13(19)11-9-4-2-3-5-10(9)22-14(11)16-12(18)8-6-7-8/h8H,2-7H2,1H3,(H,16,18)(H,17,19,20). The average Bonchev–Trinajstić information content (AvgIpc) is 3.28. The molecule has 0 spiro atoms. The minimum absolute atomic E-state index is 0.0364. The van der Waals surface area contributed by atoms with Gasteiger partial charge in [0.2, 0.25) is 5.91 Å². The number of fused-ring (bicyclic) bond motifs is 1. The van der Waals surface area contributed by atoms with Crippen LogP contribution >= 0.6 is 11.3 Å². The van der Waals surface area contributed by atoms with Gasteiger partial charge in [-0.25, -0.2) is 4.79 Å². The van der Waals surface area contributed by atoms with E-state index in [-0.39, 0.29) is 11.8 Å². The molecule has 2 aliphatic carbocycles. The van der Waals surface area contributed by atoms with Crippen molar-refractivity contribution < 1.29 is 19.1 Å². The molecule has 3 amide bonds. The third-order valence-electron chi connectivity index (χ3n) is 3.98. The molecule has 0 unspecified atom stereocenters. The van der Waals surface area contributed by atoms with Crippen molar-refractivity contribution in [3.63, 3.8) is 0 Å². The highest BCUT2D eigenvalue weighted by Gasteiger charge is 2.33.